The van der Waals surface area contributed by atoms with Gasteiger partial charge < -0.3 is 19.4 Å². The van der Waals surface area contributed by atoms with Gasteiger partial charge in [0.1, 0.15) is 19.3 Å². The maximum absolute atomic E-state index is 13.6. The van der Waals surface area contributed by atoms with E-state index in [4.69, 9.17) is 13.8 Å². The van der Waals surface area contributed by atoms with Crippen LogP contribution in [0.15, 0.2) is 109 Å². The van der Waals surface area contributed by atoms with Gasteiger partial charge in [-0.3, -0.25) is 18.6 Å². The van der Waals surface area contributed by atoms with Crippen LogP contribution in [0, 0.1) is 0 Å². The van der Waals surface area contributed by atoms with E-state index >= 15 is 0 Å². The Morgan fingerprint density at radius 3 is 1.15 bits per heavy atom. The molecule has 0 aliphatic rings. The number of quaternary nitrogens is 1. The highest BCUT2D eigenvalue weighted by Gasteiger charge is 2.30. The summed E-state index contributed by atoms with van der Waals surface area (Å²) in [6.45, 7) is 6.93. The number of nitrogens with zero attached hydrogens (tertiary/aromatic N) is 1. The molecule has 0 rings (SSSR count). The normalized spacial score (nSPS) is 14.3. The van der Waals surface area contributed by atoms with Crippen LogP contribution in [0.25, 0.3) is 0 Å². The van der Waals surface area contributed by atoms with Crippen LogP contribution in [-0.2, 0) is 27.9 Å². The predicted octanol–water partition coefficient (Wildman–Crippen LogP) is 21.3. The highest BCUT2D eigenvalue weighted by atomic mass is 31.2. The Morgan fingerprint density at radius 1 is 0.427 bits per heavy atom. The number of carbonyl (C=O) groups is 2. The third-order valence-electron chi connectivity index (χ3n) is 14.4. The predicted molar refractivity (Wildman–Crippen MR) is 355 cm³/mol. The van der Waals surface area contributed by atoms with E-state index in [2.05, 4.69) is 123 Å². The zero-order chi connectivity index (χ0) is 60.0. The Labute approximate surface area is 506 Å². The first-order chi connectivity index (χ1) is 39.9. The zero-order valence-electron chi connectivity index (χ0n) is 54.0. The lowest BCUT2D eigenvalue weighted by Crippen LogP contribution is -2.47. The van der Waals surface area contributed by atoms with Crippen molar-refractivity contribution in [2.24, 2.45) is 0 Å². The number of ether oxygens (including phenoxy) is 1. The molecule has 0 aromatic carbocycles. The fraction of sp³-hybridized carbons (Fsp3) is 0.722. The summed E-state index contributed by atoms with van der Waals surface area (Å²) in [6, 6.07) is -0.872. The van der Waals surface area contributed by atoms with Crippen molar-refractivity contribution < 1.29 is 37.3 Å². The molecule has 82 heavy (non-hydrogen) atoms. The topological polar surface area (TPSA) is 111 Å². The van der Waals surface area contributed by atoms with Crippen molar-refractivity contribution in [1.29, 1.82) is 0 Å². The highest BCUT2D eigenvalue weighted by molar-refractivity contribution is 7.47. The standard InChI is InChI=1S/C72H127N2O7P/c1-7-10-13-16-19-22-25-28-30-32-34-35-36-37-38-39-41-42-44-46-49-52-55-58-61-64-71(75)73-69(68-80-82(77,78)79-67-66-74(4,5)6)70(63-60-57-54-51-48-27-24-21-18-15-12-9-3)81-72(76)65-62-59-56-53-50-47-45-43-40-33-31-29-26-23-20-17-14-11-8-2/h19-20,22-23,28-31,34-35,37-38,40,43,47,50,60,63,69-70H,7-18,21,24-27,32-33,36,39,41-42,44-46,48-49,51-59,61-62,64-68H2,1-6H3,(H-,73,75,77,78)/p+1/b22-19-,23-20-,30-28-,31-29-,35-34-,38-37-,43-40-,50-47-,63-60-. The summed E-state index contributed by atoms with van der Waals surface area (Å²) in [7, 11) is 1.46. The molecule has 0 aliphatic heterocycles. The van der Waals surface area contributed by atoms with Crippen LogP contribution in [0.4, 0.5) is 0 Å². The number of phosphoric acid groups is 1. The molecule has 9 nitrogen and oxygen atoms in total. The average Bonchev–Trinajstić information content (AvgIpc) is 3.44. The van der Waals surface area contributed by atoms with Crippen molar-refractivity contribution in [3.05, 3.63) is 109 Å². The highest BCUT2D eigenvalue weighted by Crippen LogP contribution is 2.43. The van der Waals surface area contributed by atoms with Crippen molar-refractivity contribution >= 4 is 19.7 Å². The molecule has 0 radical (unpaired) electrons. The smallest absolute Gasteiger partial charge is 0.456 e. The fourth-order valence-corrected chi connectivity index (χ4v) is 9.94. The monoisotopic (exact) mass is 1160 g/mol. The van der Waals surface area contributed by atoms with E-state index in [9.17, 15) is 19.0 Å². The number of hydrogen-bond donors (Lipinski definition) is 2. The molecular weight excluding hydrogens is 1040 g/mol. The number of nitrogens with one attached hydrogen (secondary N) is 1. The number of hydrogen-bond acceptors (Lipinski definition) is 6. The van der Waals surface area contributed by atoms with Gasteiger partial charge in [-0.1, -0.05) is 259 Å². The van der Waals surface area contributed by atoms with Gasteiger partial charge in [-0.15, -0.1) is 0 Å². The number of amides is 1. The second-order valence-electron chi connectivity index (χ2n) is 23.6. The lowest BCUT2D eigenvalue weighted by atomic mass is 10.0. The summed E-state index contributed by atoms with van der Waals surface area (Å²) in [5.74, 6) is -0.550. The molecule has 0 spiro atoms. The Bertz CT molecular complexity index is 1770. The zero-order valence-corrected chi connectivity index (χ0v) is 54.8. The number of rotatable bonds is 60. The van der Waals surface area contributed by atoms with E-state index in [0.29, 0.717) is 23.9 Å². The largest absolute Gasteiger partial charge is 0.472 e. The third kappa shape index (κ3) is 61.2. The van der Waals surface area contributed by atoms with Gasteiger partial charge in [-0.05, 0) is 122 Å². The first-order valence-corrected chi connectivity index (χ1v) is 35.2. The summed E-state index contributed by atoms with van der Waals surface area (Å²) >= 11 is 0. The molecule has 0 aromatic rings. The second-order valence-corrected chi connectivity index (χ2v) is 25.1. The van der Waals surface area contributed by atoms with Crippen LogP contribution < -0.4 is 5.32 Å². The van der Waals surface area contributed by atoms with Gasteiger partial charge in [0.05, 0.1) is 33.8 Å². The fourth-order valence-electron chi connectivity index (χ4n) is 9.20. The Morgan fingerprint density at radius 2 is 0.744 bits per heavy atom. The number of likely N-dealkylation sites (N-methyl/N-ethyl adjacent to an activating group) is 1. The summed E-state index contributed by atoms with van der Waals surface area (Å²) < 4.78 is 30.7. The molecule has 0 fully saturated rings. The first-order valence-electron chi connectivity index (χ1n) is 33.7. The van der Waals surface area contributed by atoms with E-state index in [1.54, 1.807) is 0 Å². The molecule has 0 aliphatic carbocycles. The van der Waals surface area contributed by atoms with Gasteiger partial charge in [0.2, 0.25) is 5.91 Å². The van der Waals surface area contributed by atoms with Gasteiger partial charge in [-0.2, -0.15) is 0 Å². The van der Waals surface area contributed by atoms with Crippen LogP contribution in [0.3, 0.4) is 0 Å². The molecule has 0 saturated heterocycles. The molecular formula is C72H128N2O7P+. The van der Waals surface area contributed by atoms with Gasteiger partial charge in [0.15, 0.2) is 0 Å². The lowest BCUT2D eigenvalue weighted by Gasteiger charge is -2.27. The van der Waals surface area contributed by atoms with Crippen LogP contribution >= 0.6 is 7.82 Å². The van der Waals surface area contributed by atoms with Crippen molar-refractivity contribution in [2.75, 3.05) is 40.9 Å². The quantitative estimate of drug-likeness (QED) is 0.0205. The SMILES string of the molecule is CCCCC/C=C\C/C=C\C/C=C\C/C=C\CCCCCCCCCCCC(=O)NC(COP(=O)(O)OCC[N+](C)(C)C)C(/C=C\CCCCCCCCCCCC)OC(=O)CCCCC/C=C\C/C=C\C/C=C\C/C=C\CCCCC. The second kappa shape index (κ2) is 60.8. The number of carbonyl (C=O) groups excluding carboxylic acids is 2. The minimum absolute atomic E-state index is 0.0284. The van der Waals surface area contributed by atoms with Gasteiger partial charge in [0.25, 0.3) is 0 Å². The van der Waals surface area contributed by atoms with E-state index in [1.807, 2.05) is 33.3 Å². The molecule has 0 saturated carbocycles. The summed E-state index contributed by atoms with van der Waals surface area (Å²) in [5, 5.41) is 3.05. The number of phosphoric ester groups is 1. The molecule has 0 heterocycles. The molecule has 472 valence electrons. The maximum Gasteiger partial charge on any atom is 0.472 e. The molecule has 3 unspecified atom stereocenters. The molecule has 10 heteroatoms. The molecule has 0 bridgehead atoms. The first kappa shape index (κ1) is 78.7. The molecule has 1 amide bonds. The van der Waals surface area contributed by atoms with Crippen LogP contribution in [0.5, 0.6) is 0 Å². The van der Waals surface area contributed by atoms with Crippen LogP contribution in [-0.4, -0.2) is 74.3 Å². The van der Waals surface area contributed by atoms with Crippen molar-refractivity contribution in [1.82, 2.24) is 5.32 Å². The lowest BCUT2D eigenvalue weighted by molar-refractivity contribution is -0.870. The van der Waals surface area contributed by atoms with Gasteiger partial charge in [0, 0.05) is 12.8 Å². The van der Waals surface area contributed by atoms with Crippen molar-refractivity contribution in [2.45, 2.75) is 296 Å². The maximum atomic E-state index is 13.6. The third-order valence-corrected chi connectivity index (χ3v) is 15.4. The summed E-state index contributed by atoms with van der Waals surface area (Å²) in [4.78, 5) is 37.8. The number of unbranched alkanes of at least 4 members (excludes halogenated alkanes) is 28. The van der Waals surface area contributed by atoms with Crippen LogP contribution in [0.1, 0.15) is 284 Å². The van der Waals surface area contributed by atoms with Crippen molar-refractivity contribution in [3.8, 4) is 0 Å². The summed E-state index contributed by atoms with van der Waals surface area (Å²) in [5.41, 5.74) is 0. The molecule has 3 atom stereocenters. The van der Waals surface area contributed by atoms with Gasteiger partial charge in [-0.25, -0.2) is 4.57 Å². The van der Waals surface area contributed by atoms with Crippen molar-refractivity contribution in [3.63, 3.8) is 0 Å². The Balaban J connectivity index is 5.21. The number of esters is 1. The molecule has 0 aromatic heterocycles. The van der Waals surface area contributed by atoms with Gasteiger partial charge >= 0.3 is 13.8 Å². The van der Waals surface area contributed by atoms with Crippen LogP contribution in [0.2, 0.25) is 0 Å². The van der Waals surface area contributed by atoms with E-state index in [-0.39, 0.29) is 31.5 Å². The van der Waals surface area contributed by atoms with E-state index < -0.39 is 20.0 Å². The average molecular weight is 1160 g/mol. The number of allylic oxidation sites excluding steroid dienone is 17. The summed E-state index contributed by atoms with van der Waals surface area (Å²) in [6.07, 6.45) is 83.7. The van der Waals surface area contributed by atoms with E-state index in [0.717, 1.165) is 109 Å². The minimum Gasteiger partial charge on any atom is -0.456 e. The Kier molecular flexibility index (Phi) is 58.3. The molecule has 2 N–H and O–H groups in total. The minimum atomic E-state index is -4.47. The van der Waals surface area contributed by atoms with E-state index in [1.165, 1.54) is 135 Å². The Hall–Kier alpha value is -3.33.